The topological polar surface area (TPSA) is 34.9 Å². The highest BCUT2D eigenvalue weighted by molar-refractivity contribution is 5.96. The number of Topliss-reactive ketones (excluding diaryl/α,β-unsaturated/α-hetero) is 1. The van der Waals surface area contributed by atoms with Crippen LogP contribution < -0.4 is 0 Å². The Hall–Kier alpha value is -1.38. The van der Waals surface area contributed by atoms with Crippen LogP contribution in [0.4, 0.5) is 0 Å². The van der Waals surface area contributed by atoms with Gasteiger partial charge in [-0.15, -0.1) is 6.58 Å². The van der Waals surface area contributed by atoms with Crippen LogP contribution in [0.5, 0.6) is 0 Å². The van der Waals surface area contributed by atoms with Crippen molar-refractivity contribution in [3.63, 3.8) is 0 Å². The van der Waals surface area contributed by atoms with Crippen LogP contribution in [0, 0.1) is 6.92 Å². The first-order valence-electron chi connectivity index (χ1n) is 4.29. The molecule has 3 heteroatoms. The summed E-state index contributed by atoms with van der Waals surface area (Å²) in [6.45, 7) is 5.48. The summed E-state index contributed by atoms with van der Waals surface area (Å²) in [6.07, 6.45) is 4.63. The minimum Gasteiger partial charge on any atom is -0.294 e. The molecular formula is C10H14N2O. The maximum absolute atomic E-state index is 11.5. The van der Waals surface area contributed by atoms with Gasteiger partial charge in [0.15, 0.2) is 5.78 Å². The normalized spacial score (nSPS) is 10.0. The number of carbonyl (C=O) groups excluding carboxylic acids is 1. The highest BCUT2D eigenvalue weighted by atomic mass is 16.1. The molecule has 0 spiro atoms. The molecule has 0 atom stereocenters. The summed E-state index contributed by atoms with van der Waals surface area (Å²) in [5, 5.41) is 4.02. The molecule has 3 nitrogen and oxygen atoms in total. The number of aromatic nitrogens is 2. The Morgan fingerprint density at radius 1 is 1.77 bits per heavy atom. The molecule has 0 aromatic carbocycles. The van der Waals surface area contributed by atoms with Crippen LogP contribution in [0.3, 0.4) is 0 Å². The van der Waals surface area contributed by atoms with Gasteiger partial charge < -0.3 is 0 Å². The average Bonchev–Trinajstić information content (AvgIpc) is 2.44. The van der Waals surface area contributed by atoms with Crippen molar-refractivity contribution in [3.05, 3.63) is 30.1 Å². The Bertz CT molecular complexity index is 326. The van der Waals surface area contributed by atoms with Crippen molar-refractivity contribution >= 4 is 5.78 Å². The molecule has 0 aliphatic rings. The van der Waals surface area contributed by atoms with Gasteiger partial charge in [-0.2, -0.15) is 5.10 Å². The fourth-order valence-corrected chi connectivity index (χ4v) is 1.14. The number of hydrogen-bond acceptors (Lipinski definition) is 2. The van der Waals surface area contributed by atoms with Crippen molar-refractivity contribution in [2.24, 2.45) is 7.05 Å². The molecule has 1 aromatic heterocycles. The van der Waals surface area contributed by atoms with Gasteiger partial charge in [0.2, 0.25) is 0 Å². The van der Waals surface area contributed by atoms with Crippen LogP contribution in [-0.4, -0.2) is 15.6 Å². The van der Waals surface area contributed by atoms with Crippen molar-refractivity contribution in [1.29, 1.82) is 0 Å². The molecule has 0 aliphatic carbocycles. The number of carbonyl (C=O) groups is 1. The van der Waals surface area contributed by atoms with Crippen molar-refractivity contribution in [3.8, 4) is 0 Å². The molecule has 0 aliphatic heterocycles. The number of nitrogens with zero attached hydrogens (tertiary/aromatic N) is 2. The molecular weight excluding hydrogens is 164 g/mol. The fraction of sp³-hybridized carbons (Fsp3) is 0.400. The molecule has 70 valence electrons. The Morgan fingerprint density at radius 3 is 2.92 bits per heavy atom. The predicted molar refractivity (Wildman–Crippen MR) is 51.7 cm³/mol. The van der Waals surface area contributed by atoms with Crippen LogP contribution in [-0.2, 0) is 7.05 Å². The van der Waals surface area contributed by atoms with Crippen LogP contribution in [0.1, 0.15) is 28.9 Å². The quantitative estimate of drug-likeness (QED) is 0.521. The van der Waals surface area contributed by atoms with Crippen LogP contribution >= 0.6 is 0 Å². The Labute approximate surface area is 78.1 Å². The summed E-state index contributed by atoms with van der Waals surface area (Å²) in [6, 6.07) is 0. The lowest BCUT2D eigenvalue weighted by atomic mass is 10.1. The number of ketones is 1. The summed E-state index contributed by atoms with van der Waals surface area (Å²) >= 11 is 0. The summed E-state index contributed by atoms with van der Waals surface area (Å²) in [5.41, 5.74) is 1.65. The lowest BCUT2D eigenvalue weighted by molar-refractivity contribution is 0.0983. The van der Waals surface area contributed by atoms with E-state index in [2.05, 4.69) is 11.7 Å². The zero-order valence-electron chi connectivity index (χ0n) is 8.08. The van der Waals surface area contributed by atoms with E-state index >= 15 is 0 Å². The predicted octanol–water partition coefficient (Wildman–Crippen LogP) is 1.88. The molecule has 0 fully saturated rings. The minimum atomic E-state index is 0.144. The van der Waals surface area contributed by atoms with Gasteiger partial charge in [-0.25, -0.2) is 0 Å². The summed E-state index contributed by atoms with van der Waals surface area (Å²) in [7, 11) is 1.83. The molecule has 0 bridgehead atoms. The third-order valence-electron chi connectivity index (χ3n) is 2.11. The average molecular weight is 178 g/mol. The number of allylic oxidation sites excluding steroid dienone is 1. The van der Waals surface area contributed by atoms with Crippen molar-refractivity contribution in [2.75, 3.05) is 0 Å². The maximum atomic E-state index is 11.5. The molecule has 1 heterocycles. The van der Waals surface area contributed by atoms with Gasteiger partial charge in [-0.05, 0) is 13.3 Å². The number of hydrogen-bond donors (Lipinski definition) is 0. The second kappa shape index (κ2) is 4.03. The van der Waals surface area contributed by atoms with E-state index in [1.165, 1.54) is 0 Å². The van der Waals surface area contributed by atoms with Gasteiger partial charge in [0.1, 0.15) is 0 Å². The van der Waals surface area contributed by atoms with E-state index in [0.29, 0.717) is 6.42 Å². The lowest BCUT2D eigenvalue weighted by Crippen LogP contribution is -2.01. The Kier molecular flexibility index (Phi) is 3.01. The highest BCUT2D eigenvalue weighted by Crippen LogP contribution is 2.09. The summed E-state index contributed by atoms with van der Waals surface area (Å²) in [5.74, 6) is 0.144. The first-order chi connectivity index (χ1) is 6.16. The van der Waals surface area contributed by atoms with E-state index in [1.54, 1.807) is 17.0 Å². The molecule has 0 radical (unpaired) electrons. The third kappa shape index (κ3) is 2.05. The standard InChI is InChI=1S/C10H14N2O/c1-4-5-6-10(13)9-7-11-12(3)8(9)2/h4,7H,1,5-6H2,2-3H3. The van der Waals surface area contributed by atoms with E-state index < -0.39 is 0 Å². The van der Waals surface area contributed by atoms with E-state index in [1.807, 2.05) is 14.0 Å². The molecule has 0 amide bonds. The van der Waals surface area contributed by atoms with E-state index in [0.717, 1.165) is 17.7 Å². The number of aryl methyl sites for hydroxylation is 1. The third-order valence-corrected chi connectivity index (χ3v) is 2.11. The minimum absolute atomic E-state index is 0.144. The van der Waals surface area contributed by atoms with Crippen LogP contribution in [0.15, 0.2) is 18.9 Å². The SMILES string of the molecule is C=CCCC(=O)c1cnn(C)c1C. The highest BCUT2D eigenvalue weighted by Gasteiger charge is 2.11. The first-order valence-corrected chi connectivity index (χ1v) is 4.29. The molecule has 0 saturated carbocycles. The van der Waals surface area contributed by atoms with Crippen LogP contribution in [0.2, 0.25) is 0 Å². The van der Waals surface area contributed by atoms with E-state index in [-0.39, 0.29) is 5.78 Å². The number of rotatable bonds is 4. The largest absolute Gasteiger partial charge is 0.294 e. The van der Waals surface area contributed by atoms with E-state index in [9.17, 15) is 4.79 Å². The van der Waals surface area contributed by atoms with Crippen molar-refractivity contribution < 1.29 is 4.79 Å². The zero-order chi connectivity index (χ0) is 9.84. The van der Waals surface area contributed by atoms with Gasteiger partial charge in [-0.3, -0.25) is 9.48 Å². The van der Waals surface area contributed by atoms with Crippen molar-refractivity contribution in [2.45, 2.75) is 19.8 Å². The molecule has 0 saturated heterocycles. The van der Waals surface area contributed by atoms with Crippen LogP contribution in [0.25, 0.3) is 0 Å². The lowest BCUT2D eigenvalue weighted by Gasteiger charge is -1.97. The zero-order valence-corrected chi connectivity index (χ0v) is 8.08. The fourth-order valence-electron chi connectivity index (χ4n) is 1.14. The van der Waals surface area contributed by atoms with Gasteiger partial charge in [0.05, 0.1) is 11.8 Å². The smallest absolute Gasteiger partial charge is 0.166 e. The molecule has 0 N–H and O–H groups in total. The second-order valence-electron chi connectivity index (χ2n) is 3.02. The Morgan fingerprint density at radius 2 is 2.46 bits per heavy atom. The summed E-state index contributed by atoms with van der Waals surface area (Å²) in [4.78, 5) is 11.5. The van der Waals surface area contributed by atoms with Crippen molar-refractivity contribution in [1.82, 2.24) is 9.78 Å². The summed E-state index contributed by atoms with van der Waals surface area (Å²) < 4.78 is 1.71. The van der Waals surface area contributed by atoms with E-state index in [4.69, 9.17) is 0 Å². The Balaban J connectivity index is 2.77. The van der Waals surface area contributed by atoms with Gasteiger partial charge in [0.25, 0.3) is 0 Å². The molecule has 13 heavy (non-hydrogen) atoms. The maximum Gasteiger partial charge on any atom is 0.166 e. The van der Waals surface area contributed by atoms with Gasteiger partial charge in [-0.1, -0.05) is 6.08 Å². The molecule has 1 rings (SSSR count). The first kappa shape index (κ1) is 9.71. The molecule has 0 unspecified atom stereocenters. The monoisotopic (exact) mass is 178 g/mol. The molecule has 1 aromatic rings. The van der Waals surface area contributed by atoms with Gasteiger partial charge >= 0.3 is 0 Å². The van der Waals surface area contributed by atoms with Gasteiger partial charge in [0, 0.05) is 19.2 Å². The second-order valence-corrected chi connectivity index (χ2v) is 3.02.